The fourth-order valence-corrected chi connectivity index (χ4v) is 3.18. The molecule has 0 aliphatic carbocycles. The molecule has 3 aromatic carbocycles. The van der Waals surface area contributed by atoms with Crippen LogP contribution in [-0.4, -0.2) is 17.9 Å². The number of rotatable bonds is 5. The fourth-order valence-electron chi connectivity index (χ4n) is 3.18. The average Bonchev–Trinajstić information content (AvgIpc) is 2.65. The van der Waals surface area contributed by atoms with Gasteiger partial charge in [-0.1, -0.05) is 36.4 Å². The largest absolute Gasteiger partial charge is 0.416 e. The fraction of sp³-hybridized carbons (Fsp3) is 0.182. The van der Waals surface area contributed by atoms with E-state index in [0.29, 0.717) is 11.1 Å². The van der Waals surface area contributed by atoms with Crippen molar-refractivity contribution in [2.45, 2.75) is 25.6 Å². The van der Waals surface area contributed by atoms with Gasteiger partial charge in [-0.25, -0.2) is 0 Å². The van der Waals surface area contributed by atoms with Gasteiger partial charge in [0.15, 0.2) is 0 Å². The molecule has 1 unspecified atom stereocenters. The van der Waals surface area contributed by atoms with E-state index in [-0.39, 0.29) is 12.3 Å². The molecule has 1 atom stereocenters. The van der Waals surface area contributed by atoms with E-state index >= 15 is 0 Å². The molecule has 7 heteroatoms. The van der Waals surface area contributed by atoms with Crippen molar-refractivity contribution < 1.29 is 22.8 Å². The molecule has 0 saturated heterocycles. The zero-order valence-corrected chi connectivity index (χ0v) is 15.6. The summed E-state index contributed by atoms with van der Waals surface area (Å²) < 4.78 is 38.4. The first-order chi connectivity index (χ1) is 13.6. The molecule has 29 heavy (non-hydrogen) atoms. The van der Waals surface area contributed by atoms with Crippen molar-refractivity contribution in [1.29, 1.82) is 0 Å². The lowest BCUT2D eigenvalue weighted by molar-refractivity contribution is -0.137. The van der Waals surface area contributed by atoms with Crippen LogP contribution in [0.1, 0.15) is 29.3 Å². The summed E-state index contributed by atoms with van der Waals surface area (Å²) in [5.41, 5.74) is 6.26. The van der Waals surface area contributed by atoms with Crippen LogP contribution >= 0.6 is 0 Å². The van der Waals surface area contributed by atoms with Gasteiger partial charge in [0.2, 0.25) is 5.91 Å². The first-order valence-electron chi connectivity index (χ1n) is 8.95. The van der Waals surface area contributed by atoms with Crippen LogP contribution in [0.25, 0.3) is 21.9 Å². The predicted molar refractivity (Wildman–Crippen MR) is 105 cm³/mol. The Kier molecular flexibility index (Phi) is 5.59. The Morgan fingerprint density at radius 2 is 1.72 bits per heavy atom. The van der Waals surface area contributed by atoms with Crippen LogP contribution in [0.5, 0.6) is 0 Å². The topological polar surface area (TPSA) is 72.2 Å². The highest BCUT2D eigenvalue weighted by Crippen LogP contribution is 2.33. The SMILES string of the molecule is CC(CC(N)=O)NC(=O)c1ccc2c(-c3ccc(C(F)(F)F)cc3)cccc2c1. The second-order valence-electron chi connectivity index (χ2n) is 6.86. The number of amides is 2. The van der Waals surface area contributed by atoms with Crippen molar-refractivity contribution in [2.24, 2.45) is 5.73 Å². The van der Waals surface area contributed by atoms with E-state index in [0.717, 1.165) is 28.5 Å². The van der Waals surface area contributed by atoms with Gasteiger partial charge in [0, 0.05) is 18.0 Å². The van der Waals surface area contributed by atoms with E-state index in [1.54, 1.807) is 31.2 Å². The number of hydrogen-bond donors (Lipinski definition) is 2. The summed E-state index contributed by atoms with van der Waals surface area (Å²) in [4.78, 5) is 23.4. The summed E-state index contributed by atoms with van der Waals surface area (Å²) in [6.45, 7) is 1.69. The average molecular weight is 400 g/mol. The highest BCUT2D eigenvalue weighted by Gasteiger charge is 2.30. The number of hydrogen-bond acceptors (Lipinski definition) is 2. The molecule has 0 saturated carbocycles. The Balaban J connectivity index is 1.91. The molecule has 3 aromatic rings. The number of primary amides is 1. The normalized spacial score (nSPS) is 12.6. The monoisotopic (exact) mass is 400 g/mol. The summed E-state index contributed by atoms with van der Waals surface area (Å²) in [6, 6.07) is 15.1. The summed E-state index contributed by atoms with van der Waals surface area (Å²) in [6.07, 6.45) is -4.34. The first-order valence-corrected chi connectivity index (χ1v) is 8.95. The van der Waals surface area contributed by atoms with Gasteiger partial charge in [-0.3, -0.25) is 9.59 Å². The maximum absolute atomic E-state index is 12.8. The minimum absolute atomic E-state index is 0.0391. The Labute approximate surface area is 165 Å². The molecule has 0 aliphatic heterocycles. The van der Waals surface area contributed by atoms with Gasteiger partial charge < -0.3 is 11.1 Å². The molecule has 0 heterocycles. The van der Waals surface area contributed by atoms with Crippen LogP contribution in [0.2, 0.25) is 0 Å². The number of benzene rings is 3. The van der Waals surface area contributed by atoms with Crippen LogP contribution in [0.4, 0.5) is 13.2 Å². The number of carbonyl (C=O) groups is 2. The van der Waals surface area contributed by atoms with Crippen LogP contribution in [-0.2, 0) is 11.0 Å². The quantitative estimate of drug-likeness (QED) is 0.661. The van der Waals surface area contributed by atoms with Crippen LogP contribution < -0.4 is 11.1 Å². The number of carbonyl (C=O) groups excluding carboxylic acids is 2. The van der Waals surface area contributed by atoms with Crippen molar-refractivity contribution in [3.63, 3.8) is 0 Å². The van der Waals surface area contributed by atoms with Crippen molar-refractivity contribution in [3.8, 4) is 11.1 Å². The van der Waals surface area contributed by atoms with Crippen molar-refractivity contribution >= 4 is 22.6 Å². The Hall–Kier alpha value is -3.35. The minimum atomic E-state index is -4.38. The Bertz CT molecular complexity index is 1060. The summed E-state index contributed by atoms with van der Waals surface area (Å²) >= 11 is 0. The molecular formula is C22H19F3N2O2. The van der Waals surface area contributed by atoms with E-state index in [2.05, 4.69) is 5.32 Å². The van der Waals surface area contributed by atoms with Gasteiger partial charge in [0.25, 0.3) is 5.91 Å². The summed E-state index contributed by atoms with van der Waals surface area (Å²) in [5.74, 6) is -0.835. The van der Waals surface area contributed by atoms with Gasteiger partial charge in [-0.05, 0) is 53.1 Å². The maximum Gasteiger partial charge on any atom is 0.416 e. The first kappa shape index (κ1) is 20.4. The molecule has 0 fully saturated rings. The second kappa shape index (κ2) is 7.95. The van der Waals surface area contributed by atoms with E-state index in [9.17, 15) is 22.8 Å². The van der Waals surface area contributed by atoms with Gasteiger partial charge >= 0.3 is 6.18 Å². The summed E-state index contributed by atoms with van der Waals surface area (Å²) in [7, 11) is 0. The molecular weight excluding hydrogens is 381 g/mol. The lowest BCUT2D eigenvalue weighted by Crippen LogP contribution is -2.35. The number of alkyl halides is 3. The van der Waals surface area contributed by atoms with E-state index < -0.39 is 23.7 Å². The highest BCUT2D eigenvalue weighted by atomic mass is 19.4. The lowest BCUT2D eigenvalue weighted by atomic mass is 9.96. The Morgan fingerprint density at radius 1 is 1.03 bits per heavy atom. The highest BCUT2D eigenvalue weighted by molar-refractivity contribution is 6.02. The molecule has 2 amide bonds. The molecule has 4 nitrogen and oxygen atoms in total. The zero-order chi connectivity index (χ0) is 21.2. The smallest absolute Gasteiger partial charge is 0.370 e. The predicted octanol–water partition coefficient (Wildman–Crippen LogP) is 4.52. The van der Waals surface area contributed by atoms with E-state index in [1.165, 1.54) is 12.1 Å². The number of nitrogens with one attached hydrogen (secondary N) is 1. The number of nitrogens with two attached hydrogens (primary N) is 1. The van der Waals surface area contributed by atoms with Crippen LogP contribution in [0.3, 0.4) is 0 Å². The maximum atomic E-state index is 12.8. The van der Waals surface area contributed by atoms with Crippen molar-refractivity contribution in [1.82, 2.24) is 5.32 Å². The standard InChI is InChI=1S/C22H19F3N2O2/c1-13(11-20(26)28)27-21(29)16-7-10-19-15(12-16)3-2-4-18(19)14-5-8-17(9-6-14)22(23,24)25/h2-10,12-13H,11H2,1H3,(H2,26,28)(H,27,29). The summed E-state index contributed by atoms with van der Waals surface area (Å²) in [5, 5.41) is 4.30. The third-order valence-corrected chi connectivity index (χ3v) is 4.55. The zero-order valence-electron chi connectivity index (χ0n) is 15.6. The minimum Gasteiger partial charge on any atom is -0.370 e. The molecule has 0 spiro atoms. The molecule has 3 N–H and O–H groups in total. The molecule has 150 valence electrons. The third kappa shape index (κ3) is 4.74. The van der Waals surface area contributed by atoms with Gasteiger partial charge in [-0.2, -0.15) is 13.2 Å². The second-order valence-corrected chi connectivity index (χ2v) is 6.86. The van der Waals surface area contributed by atoms with Gasteiger partial charge in [0.1, 0.15) is 0 Å². The van der Waals surface area contributed by atoms with Crippen LogP contribution in [0, 0.1) is 0 Å². The molecule has 0 aliphatic rings. The van der Waals surface area contributed by atoms with Gasteiger partial charge in [-0.15, -0.1) is 0 Å². The molecule has 0 aromatic heterocycles. The number of halogens is 3. The van der Waals surface area contributed by atoms with E-state index in [4.69, 9.17) is 5.73 Å². The molecule has 3 rings (SSSR count). The van der Waals surface area contributed by atoms with Crippen LogP contribution in [0.15, 0.2) is 60.7 Å². The van der Waals surface area contributed by atoms with Crippen molar-refractivity contribution in [2.75, 3.05) is 0 Å². The molecule has 0 radical (unpaired) electrons. The molecule has 0 bridgehead atoms. The lowest BCUT2D eigenvalue weighted by Gasteiger charge is -2.13. The third-order valence-electron chi connectivity index (χ3n) is 4.55. The number of fused-ring (bicyclic) bond motifs is 1. The Morgan fingerprint density at radius 3 is 2.34 bits per heavy atom. The van der Waals surface area contributed by atoms with Gasteiger partial charge in [0.05, 0.1) is 5.56 Å². The van der Waals surface area contributed by atoms with Crippen molar-refractivity contribution in [3.05, 3.63) is 71.8 Å². The van der Waals surface area contributed by atoms with E-state index in [1.807, 2.05) is 12.1 Å².